The Hall–Kier alpha value is -0.900. The van der Waals surface area contributed by atoms with E-state index in [0.29, 0.717) is 11.8 Å². The van der Waals surface area contributed by atoms with E-state index < -0.39 is 0 Å². The Labute approximate surface area is 90.2 Å². The molecule has 1 aromatic rings. The first-order valence-electron chi connectivity index (χ1n) is 5.82. The fourth-order valence-corrected chi connectivity index (χ4v) is 1.69. The van der Waals surface area contributed by atoms with Gasteiger partial charge >= 0.3 is 0 Å². The molecule has 0 aliphatic heterocycles. The summed E-state index contributed by atoms with van der Waals surface area (Å²) in [4.78, 5) is 4.42. The quantitative estimate of drug-likeness (QED) is 0.804. The van der Waals surface area contributed by atoms with E-state index in [1.807, 2.05) is 0 Å². The van der Waals surface area contributed by atoms with E-state index in [2.05, 4.69) is 17.1 Å². The molecule has 4 heteroatoms. The maximum Gasteiger partial charge on any atom is 0.226 e. The molecule has 1 unspecified atom stereocenters. The maximum atomic E-state index is 5.55. The molecule has 2 N–H and O–H groups in total. The third kappa shape index (κ3) is 2.56. The molecule has 0 aromatic carbocycles. The van der Waals surface area contributed by atoms with Crippen molar-refractivity contribution in [2.24, 2.45) is 11.7 Å². The van der Waals surface area contributed by atoms with Crippen LogP contribution in [0.25, 0.3) is 0 Å². The number of aromatic nitrogens is 2. The van der Waals surface area contributed by atoms with Gasteiger partial charge in [-0.05, 0) is 31.7 Å². The summed E-state index contributed by atoms with van der Waals surface area (Å²) in [6.45, 7) is 2.87. The molecule has 0 radical (unpaired) electrons. The molecule has 0 amide bonds. The largest absolute Gasteiger partial charge is 0.339 e. The number of hydrogen-bond acceptors (Lipinski definition) is 4. The minimum absolute atomic E-state index is 0.532. The van der Waals surface area contributed by atoms with Gasteiger partial charge in [0.1, 0.15) is 0 Å². The zero-order valence-corrected chi connectivity index (χ0v) is 9.28. The van der Waals surface area contributed by atoms with Crippen LogP contribution in [-0.4, -0.2) is 16.7 Å². The number of nitrogens with zero attached hydrogens (tertiary/aromatic N) is 2. The molecule has 0 saturated heterocycles. The van der Waals surface area contributed by atoms with Crippen LogP contribution in [-0.2, 0) is 6.42 Å². The maximum absolute atomic E-state index is 5.55. The molecule has 1 heterocycles. The fourth-order valence-electron chi connectivity index (χ4n) is 1.69. The van der Waals surface area contributed by atoms with E-state index in [0.717, 1.165) is 31.1 Å². The van der Waals surface area contributed by atoms with Crippen molar-refractivity contribution in [3.05, 3.63) is 11.7 Å². The van der Waals surface area contributed by atoms with Gasteiger partial charge < -0.3 is 10.3 Å². The molecule has 1 atom stereocenters. The predicted octanol–water partition coefficient (Wildman–Crippen LogP) is 1.86. The van der Waals surface area contributed by atoms with Gasteiger partial charge in [-0.3, -0.25) is 0 Å². The van der Waals surface area contributed by atoms with Crippen LogP contribution in [0.5, 0.6) is 0 Å². The van der Waals surface area contributed by atoms with Crippen LogP contribution in [0.1, 0.15) is 50.2 Å². The van der Waals surface area contributed by atoms with Crippen molar-refractivity contribution in [2.45, 2.75) is 44.9 Å². The SMILES string of the molecule is CC(CN)CCc1nc(C2CCC2)no1. The molecule has 0 bridgehead atoms. The van der Waals surface area contributed by atoms with Crippen LogP contribution in [0.3, 0.4) is 0 Å². The van der Waals surface area contributed by atoms with Crippen LogP contribution >= 0.6 is 0 Å². The topological polar surface area (TPSA) is 64.9 Å². The summed E-state index contributed by atoms with van der Waals surface area (Å²) in [6, 6.07) is 0. The second-order valence-electron chi connectivity index (χ2n) is 4.55. The van der Waals surface area contributed by atoms with Gasteiger partial charge in [0.05, 0.1) is 0 Å². The lowest BCUT2D eigenvalue weighted by Crippen LogP contribution is -2.12. The van der Waals surface area contributed by atoms with E-state index in [4.69, 9.17) is 10.3 Å². The molecule has 84 valence electrons. The molecule has 1 fully saturated rings. The second-order valence-corrected chi connectivity index (χ2v) is 4.55. The Morgan fingerprint density at radius 1 is 1.53 bits per heavy atom. The molecule has 2 rings (SSSR count). The number of aryl methyl sites for hydroxylation is 1. The van der Waals surface area contributed by atoms with Crippen molar-refractivity contribution in [1.82, 2.24) is 10.1 Å². The molecular formula is C11H19N3O. The lowest BCUT2D eigenvalue weighted by Gasteiger charge is -2.20. The van der Waals surface area contributed by atoms with E-state index >= 15 is 0 Å². The Morgan fingerprint density at radius 2 is 2.33 bits per heavy atom. The van der Waals surface area contributed by atoms with E-state index in [1.165, 1.54) is 19.3 Å². The molecular weight excluding hydrogens is 190 g/mol. The zero-order chi connectivity index (χ0) is 10.7. The molecule has 4 nitrogen and oxygen atoms in total. The molecule has 1 aliphatic carbocycles. The molecule has 0 spiro atoms. The zero-order valence-electron chi connectivity index (χ0n) is 9.28. The summed E-state index contributed by atoms with van der Waals surface area (Å²) < 4.78 is 5.21. The van der Waals surface area contributed by atoms with Gasteiger partial charge in [-0.25, -0.2) is 0 Å². The molecule has 1 aliphatic rings. The molecule has 1 saturated carbocycles. The minimum Gasteiger partial charge on any atom is -0.339 e. The highest BCUT2D eigenvalue weighted by atomic mass is 16.5. The minimum atomic E-state index is 0.532. The van der Waals surface area contributed by atoms with Gasteiger partial charge in [0.15, 0.2) is 5.82 Å². The lowest BCUT2D eigenvalue weighted by molar-refractivity contribution is 0.341. The van der Waals surface area contributed by atoms with E-state index in [9.17, 15) is 0 Å². The summed E-state index contributed by atoms with van der Waals surface area (Å²) in [5.41, 5.74) is 5.55. The van der Waals surface area contributed by atoms with Crippen LogP contribution in [0.2, 0.25) is 0 Å². The van der Waals surface area contributed by atoms with Crippen LogP contribution in [0, 0.1) is 5.92 Å². The molecule has 15 heavy (non-hydrogen) atoms. The van der Waals surface area contributed by atoms with Gasteiger partial charge in [0, 0.05) is 12.3 Å². The summed E-state index contributed by atoms with van der Waals surface area (Å²) in [5.74, 6) is 2.78. The number of hydrogen-bond donors (Lipinski definition) is 1. The van der Waals surface area contributed by atoms with Crippen LogP contribution < -0.4 is 5.73 Å². The lowest BCUT2D eigenvalue weighted by atomic mass is 9.85. The van der Waals surface area contributed by atoms with Crippen molar-refractivity contribution in [2.75, 3.05) is 6.54 Å². The molecule has 1 aromatic heterocycles. The van der Waals surface area contributed by atoms with Crippen molar-refractivity contribution >= 4 is 0 Å². The van der Waals surface area contributed by atoms with Gasteiger partial charge in [-0.2, -0.15) is 4.98 Å². The Balaban J connectivity index is 1.84. The normalized spacial score (nSPS) is 18.8. The van der Waals surface area contributed by atoms with Crippen molar-refractivity contribution in [1.29, 1.82) is 0 Å². The third-order valence-corrected chi connectivity index (χ3v) is 3.21. The average Bonchev–Trinajstić information content (AvgIpc) is 2.60. The van der Waals surface area contributed by atoms with Crippen molar-refractivity contribution < 1.29 is 4.52 Å². The van der Waals surface area contributed by atoms with E-state index in [1.54, 1.807) is 0 Å². The predicted molar refractivity (Wildman–Crippen MR) is 57.4 cm³/mol. The fraction of sp³-hybridized carbons (Fsp3) is 0.818. The third-order valence-electron chi connectivity index (χ3n) is 3.21. The highest BCUT2D eigenvalue weighted by Crippen LogP contribution is 2.34. The Morgan fingerprint density at radius 3 is 2.93 bits per heavy atom. The first-order chi connectivity index (χ1) is 7.29. The first-order valence-corrected chi connectivity index (χ1v) is 5.82. The summed E-state index contributed by atoms with van der Waals surface area (Å²) >= 11 is 0. The van der Waals surface area contributed by atoms with Crippen molar-refractivity contribution in [3.63, 3.8) is 0 Å². The smallest absolute Gasteiger partial charge is 0.226 e. The van der Waals surface area contributed by atoms with E-state index in [-0.39, 0.29) is 0 Å². The van der Waals surface area contributed by atoms with Crippen molar-refractivity contribution in [3.8, 4) is 0 Å². The summed E-state index contributed by atoms with van der Waals surface area (Å²) in [5, 5.41) is 4.02. The number of nitrogens with two attached hydrogens (primary N) is 1. The highest BCUT2D eigenvalue weighted by Gasteiger charge is 2.24. The van der Waals surface area contributed by atoms with Crippen LogP contribution in [0.15, 0.2) is 4.52 Å². The van der Waals surface area contributed by atoms with Gasteiger partial charge in [0.25, 0.3) is 0 Å². The van der Waals surface area contributed by atoms with Gasteiger partial charge in [0.2, 0.25) is 5.89 Å². The standard InChI is InChI=1S/C11H19N3O/c1-8(7-12)5-6-10-13-11(14-15-10)9-3-2-4-9/h8-9H,2-7,12H2,1H3. The average molecular weight is 209 g/mol. The number of rotatable bonds is 5. The van der Waals surface area contributed by atoms with Crippen LogP contribution in [0.4, 0.5) is 0 Å². The Kier molecular flexibility index (Phi) is 3.36. The van der Waals surface area contributed by atoms with Gasteiger partial charge in [-0.1, -0.05) is 18.5 Å². The Bertz CT molecular complexity index is 307. The first kappa shape index (κ1) is 10.6. The second kappa shape index (κ2) is 4.75. The summed E-state index contributed by atoms with van der Waals surface area (Å²) in [7, 11) is 0. The highest BCUT2D eigenvalue weighted by molar-refractivity contribution is 4.99. The summed E-state index contributed by atoms with van der Waals surface area (Å²) in [6.07, 6.45) is 5.63. The van der Waals surface area contributed by atoms with Gasteiger partial charge in [-0.15, -0.1) is 0 Å². The monoisotopic (exact) mass is 209 g/mol.